The van der Waals surface area contributed by atoms with Gasteiger partial charge in [-0.25, -0.2) is 4.79 Å². The molecule has 3 N–H and O–H groups in total. The second kappa shape index (κ2) is 7.24. The van der Waals surface area contributed by atoms with Gasteiger partial charge in [-0.05, 0) is 12.8 Å². The summed E-state index contributed by atoms with van der Waals surface area (Å²) in [6.07, 6.45) is 4.57. The lowest BCUT2D eigenvalue weighted by Crippen LogP contribution is -2.47. The molecule has 1 aliphatic rings. The number of rotatable bonds is 7. The lowest BCUT2D eigenvalue weighted by atomic mass is 10.2. The van der Waals surface area contributed by atoms with Crippen LogP contribution in [-0.2, 0) is 14.3 Å². The molecule has 1 fully saturated rings. The van der Waals surface area contributed by atoms with Gasteiger partial charge in [-0.3, -0.25) is 4.79 Å². The average molecular weight is 244 g/mol. The Morgan fingerprint density at radius 2 is 2.06 bits per heavy atom. The monoisotopic (exact) mass is 244 g/mol. The van der Waals surface area contributed by atoms with Crippen LogP contribution in [0.3, 0.4) is 0 Å². The molecule has 0 aromatic heterocycles. The molecule has 0 aromatic carbocycles. The molecule has 0 radical (unpaired) electrons. The highest BCUT2D eigenvalue weighted by molar-refractivity contribution is 5.84. The summed E-state index contributed by atoms with van der Waals surface area (Å²) in [7, 11) is 1.40. The Morgan fingerprint density at radius 3 is 2.59 bits per heavy atom. The summed E-state index contributed by atoms with van der Waals surface area (Å²) >= 11 is 0. The van der Waals surface area contributed by atoms with Crippen molar-refractivity contribution in [3.8, 4) is 0 Å². The Labute approximate surface area is 101 Å². The Kier molecular flexibility index (Phi) is 5.93. The number of aliphatic carboxylic acids is 1. The van der Waals surface area contributed by atoms with E-state index < -0.39 is 12.0 Å². The largest absolute Gasteiger partial charge is 0.480 e. The fraction of sp³-hybridized carbons (Fsp3) is 0.818. The number of carboxylic acid groups (broad SMARTS) is 1. The van der Waals surface area contributed by atoms with E-state index in [9.17, 15) is 9.59 Å². The third kappa shape index (κ3) is 5.14. The maximum atomic E-state index is 11.5. The zero-order valence-corrected chi connectivity index (χ0v) is 10.1. The van der Waals surface area contributed by atoms with Crippen LogP contribution in [0.15, 0.2) is 0 Å². The van der Waals surface area contributed by atoms with E-state index in [1.807, 2.05) is 0 Å². The van der Waals surface area contributed by atoms with Gasteiger partial charge in [0.05, 0.1) is 13.2 Å². The van der Waals surface area contributed by atoms with E-state index in [4.69, 9.17) is 9.84 Å². The molecule has 0 heterocycles. The van der Waals surface area contributed by atoms with E-state index in [-0.39, 0.29) is 19.1 Å². The number of hydrogen-bond acceptors (Lipinski definition) is 4. The first-order chi connectivity index (χ1) is 8.13. The third-order valence-electron chi connectivity index (χ3n) is 2.87. The number of carbonyl (C=O) groups is 2. The van der Waals surface area contributed by atoms with Crippen LogP contribution in [0, 0.1) is 0 Å². The van der Waals surface area contributed by atoms with Gasteiger partial charge < -0.3 is 20.5 Å². The first kappa shape index (κ1) is 13.9. The first-order valence-electron chi connectivity index (χ1n) is 5.88. The molecule has 17 heavy (non-hydrogen) atoms. The molecule has 1 rings (SSSR count). The number of hydrogen-bond donors (Lipinski definition) is 3. The molecule has 1 atom stereocenters. The number of amides is 1. The van der Waals surface area contributed by atoms with Crippen LogP contribution in [0.1, 0.15) is 25.7 Å². The van der Waals surface area contributed by atoms with Crippen molar-refractivity contribution in [3.05, 3.63) is 0 Å². The fourth-order valence-corrected chi connectivity index (χ4v) is 1.95. The third-order valence-corrected chi connectivity index (χ3v) is 2.87. The van der Waals surface area contributed by atoms with Gasteiger partial charge in [0.15, 0.2) is 6.04 Å². The van der Waals surface area contributed by atoms with Crippen molar-refractivity contribution in [2.45, 2.75) is 37.8 Å². The second-order valence-corrected chi connectivity index (χ2v) is 4.28. The van der Waals surface area contributed by atoms with Crippen molar-refractivity contribution >= 4 is 11.9 Å². The number of carboxylic acids is 1. The predicted octanol–water partition coefficient (Wildman–Crippen LogP) is -0.266. The van der Waals surface area contributed by atoms with Crippen molar-refractivity contribution in [1.29, 1.82) is 0 Å². The van der Waals surface area contributed by atoms with Gasteiger partial charge in [0.2, 0.25) is 5.91 Å². The van der Waals surface area contributed by atoms with Gasteiger partial charge >= 0.3 is 5.97 Å². The van der Waals surface area contributed by atoms with Gasteiger partial charge in [0.25, 0.3) is 0 Å². The minimum atomic E-state index is -1.08. The number of ether oxygens (including phenoxy) is 1. The van der Waals surface area contributed by atoms with Gasteiger partial charge in [0, 0.05) is 13.2 Å². The van der Waals surface area contributed by atoms with Crippen molar-refractivity contribution in [2.24, 2.45) is 0 Å². The summed E-state index contributed by atoms with van der Waals surface area (Å²) in [6.45, 7) is 0.142. The zero-order chi connectivity index (χ0) is 12.7. The topological polar surface area (TPSA) is 87.7 Å². The van der Waals surface area contributed by atoms with Crippen molar-refractivity contribution in [2.75, 3.05) is 20.3 Å². The van der Waals surface area contributed by atoms with E-state index in [0.29, 0.717) is 6.04 Å². The van der Waals surface area contributed by atoms with E-state index in [2.05, 4.69) is 10.6 Å². The summed E-state index contributed by atoms with van der Waals surface area (Å²) in [4.78, 5) is 22.3. The molecule has 0 spiro atoms. The number of methoxy groups -OCH3 is 1. The lowest BCUT2D eigenvalue weighted by molar-refractivity contribution is -0.143. The first-order valence-corrected chi connectivity index (χ1v) is 5.88. The van der Waals surface area contributed by atoms with Crippen LogP contribution in [0.5, 0.6) is 0 Å². The standard InChI is InChI=1S/C11H20N2O4/c1-17-7-9(11(15)16)13-10(14)6-12-8-4-2-3-5-8/h8-9,12H,2-7H2,1H3,(H,13,14)(H,15,16). The lowest BCUT2D eigenvalue weighted by Gasteiger charge is -2.15. The van der Waals surface area contributed by atoms with E-state index in [1.165, 1.54) is 20.0 Å². The van der Waals surface area contributed by atoms with Crippen LogP contribution in [-0.4, -0.2) is 49.3 Å². The molecular weight excluding hydrogens is 224 g/mol. The maximum absolute atomic E-state index is 11.5. The molecule has 1 amide bonds. The number of carbonyl (C=O) groups excluding carboxylic acids is 1. The summed E-state index contributed by atoms with van der Waals surface area (Å²) in [5.74, 6) is -1.39. The smallest absolute Gasteiger partial charge is 0.328 e. The van der Waals surface area contributed by atoms with Crippen LogP contribution >= 0.6 is 0 Å². The quantitative estimate of drug-likeness (QED) is 0.574. The van der Waals surface area contributed by atoms with E-state index >= 15 is 0 Å². The van der Waals surface area contributed by atoms with Crippen molar-refractivity contribution < 1.29 is 19.4 Å². The van der Waals surface area contributed by atoms with Crippen LogP contribution in [0.25, 0.3) is 0 Å². The maximum Gasteiger partial charge on any atom is 0.328 e. The Morgan fingerprint density at radius 1 is 1.41 bits per heavy atom. The SMILES string of the molecule is COCC(NC(=O)CNC1CCCC1)C(=O)O. The van der Waals surface area contributed by atoms with Crippen LogP contribution < -0.4 is 10.6 Å². The van der Waals surface area contributed by atoms with Gasteiger partial charge in [-0.1, -0.05) is 12.8 Å². The summed E-state index contributed by atoms with van der Waals surface area (Å²) in [5, 5.41) is 14.4. The molecular formula is C11H20N2O4. The fourth-order valence-electron chi connectivity index (χ4n) is 1.95. The van der Waals surface area contributed by atoms with Crippen molar-refractivity contribution in [1.82, 2.24) is 10.6 Å². The summed E-state index contributed by atoms with van der Waals surface area (Å²) < 4.78 is 4.73. The molecule has 6 heteroatoms. The summed E-state index contributed by atoms with van der Waals surface area (Å²) in [5.41, 5.74) is 0. The number of nitrogens with one attached hydrogen (secondary N) is 2. The predicted molar refractivity (Wildman–Crippen MR) is 61.7 cm³/mol. The molecule has 6 nitrogen and oxygen atoms in total. The van der Waals surface area contributed by atoms with Gasteiger partial charge in [-0.15, -0.1) is 0 Å². The summed E-state index contributed by atoms with van der Waals surface area (Å²) in [6, 6.07) is -0.579. The molecule has 0 bridgehead atoms. The molecule has 0 aromatic rings. The highest BCUT2D eigenvalue weighted by Crippen LogP contribution is 2.17. The Bertz CT molecular complexity index is 264. The molecule has 1 aliphatic carbocycles. The molecule has 1 unspecified atom stereocenters. The minimum absolute atomic E-state index is 0.0233. The minimum Gasteiger partial charge on any atom is -0.480 e. The van der Waals surface area contributed by atoms with Crippen molar-refractivity contribution in [3.63, 3.8) is 0 Å². The molecule has 98 valence electrons. The highest BCUT2D eigenvalue weighted by Gasteiger charge is 2.20. The molecule has 1 saturated carbocycles. The van der Waals surface area contributed by atoms with E-state index in [0.717, 1.165) is 12.8 Å². The van der Waals surface area contributed by atoms with Crippen LogP contribution in [0.2, 0.25) is 0 Å². The molecule has 0 saturated heterocycles. The molecule has 0 aliphatic heterocycles. The zero-order valence-electron chi connectivity index (χ0n) is 10.1. The average Bonchev–Trinajstić information content (AvgIpc) is 2.78. The van der Waals surface area contributed by atoms with E-state index in [1.54, 1.807) is 0 Å². The highest BCUT2D eigenvalue weighted by atomic mass is 16.5. The Hall–Kier alpha value is -1.14. The normalized spacial score (nSPS) is 17.9. The Balaban J connectivity index is 2.23. The second-order valence-electron chi connectivity index (χ2n) is 4.28. The van der Waals surface area contributed by atoms with Crippen LogP contribution in [0.4, 0.5) is 0 Å². The van der Waals surface area contributed by atoms with Gasteiger partial charge in [-0.2, -0.15) is 0 Å². The van der Waals surface area contributed by atoms with Gasteiger partial charge in [0.1, 0.15) is 0 Å².